The van der Waals surface area contributed by atoms with Crippen LogP contribution in [-0.2, 0) is 14.9 Å². The van der Waals surface area contributed by atoms with Crippen molar-refractivity contribution in [3.8, 4) is 0 Å². The van der Waals surface area contributed by atoms with Crippen molar-refractivity contribution >= 4 is 28.5 Å². The molecule has 0 saturated carbocycles. The maximum atomic E-state index is 11.5. The number of anilines is 1. The van der Waals surface area contributed by atoms with Crippen LogP contribution in [0.25, 0.3) is 0 Å². The molecule has 0 unspecified atom stereocenters. The van der Waals surface area contributed by atoms with Crippen LogP contribution in [0.15, 0.2) is 5.38 Å². The smallest absolute Gasteiger partial charge is 0.413 e. The number of rotatable bonds is 3. The maximum absolute atomic E-state index is 11.5. The summed E-state index contributed by atoms with van der Waals surface area (Å²) < 4.78 is 5.08. The lowest BCUT2D eigenvalue weighted by molar-refractivity contribution is -0.142. The van der Waals surface area contributed by atoms with Gasteiger partial charge in [0.05, 0.1) is 5.69 Å². The number of hydrogen-bond donors (Lipinski definition) is 2. The molecule has 0 spiro atoms. The number of thiazole rings is 1. The lowest BCUT2D eigenvalue weighted by Gasteiger charge is -2.19. The van der Waals surface area contributed by atoms with Crippen LogP contribution in [0.5, 0.6) is 0 Å². The first-order valence-electron chi connectivity index (χ1n) is 5.72. The van der Waals surface area contributed by atoms with Crippen molar-refractivity contribution in [2.24, 2.45) is 0 Å². The molecule has 0 saturated heterocycles. The molecule has 0 bridgehead atoms. The van der Waals surface area contributed by atoms with Crippen molar-refractivity contribution in [1.82, 2.24) is 4.98 Å². The molecule has 1 rings (SSSR count). The first kappa shape index (κ1) is 15.4. The predicted molar refractivity (Wildman–Crippen MR) is 72.6 cm³/mol. The summed E-state index contributed by atoms with van der Waals surface area (Å²) in [6.07, 6.45) is -0.610. The lowest BCUT2D eigenvalue weighted by atomic mass is 9.90. The predicted octanol–water partition coefficient (Wildman–Crippen LogP) is 2.85. The monoisotopic (exact) mass is 286 g/mol. The number of nitrogens with zero attached hydrogens (tertiary/aromatic N) is 1. The normalized spacial score (nSPS) is 12.1. The van der Waals surface area contributed by atoms with Crippen LogP contribution in [0, 0.1) is 0 Å². The first-order valence-corrected chi connectivity index (χ1v) is 6.60. The molecule has 2 N–H and O–H groups in total. The standard InChI is InChI=1S/C12H18N2O4S/c1-11(2,3)18-10(17)14-9-13-7(6-19-9)12(4,5)8(15)16/h6H,1-5H3,(H,15,16)(H,13,14,17). The Morgan fingerprint density at radius 3 is 2.37 bits per heavy atom. The molecule has 1 aromatic rings. The number of aromatic nitrogens is 1. The summed E-state index contributed by atoms with van der Waals surface area (Å²) in [5.74, 6) is -0.971. The highest BCUT2D eigenvalue weighted by atomic mass is 32.1. The number of aliphatic carboxylic acids is 1. The Bertz CT molecular complexity index is 488. The zero-order valence-corrected chi connectivity index (χ0v) is 12.4. The molecular weight excluding hydrogens is 268 g/mol. The van der Waals surface area contributed by atoms with E-state index in [4.69, 9.17) is 9.84 Å². The van der Waals surface area contributed by atoms with E-state index in [-0.39, 0.29) is 0 Å². The molecular formula is C12H18N2O4S. The zero-order chi connectivity index (χ0) is 14.8. The van der Waals surface area contributed by atoms with Crippen molar-refractivity contribution < 1.29 is 19.4 Å². The summed E-state index contributed by atoms with van der Waals surface area (Å²) >= 11 is 1.16. The number of carbonyl (C=O) groups is 2. The van der Waals surface area contributed by atoms with E-state index in [0.29, 0.717) is 10.8 Å². The largest absolute Gasteiger partial charge is 0.481 e. The molecule has 0 fully saturated rings. The van der Waals surface area contributed by atoms with Crippen molar-refractivity contribution in [2.75, 3.05) is 5.32 Å². The van der Waals surface area contributed by atoms with Gasteiger partial charge in [0.1, 0.15) is 11.0 Å². The number of hydrogen-bond acceptors (Lipinski definition) is 5. The van der Waals surface area contributed by atoms with E-state index in [1.807, 2.05) is 0 Å². The molecule has 1 amide bonds. The van der Waals surface area contributed by atoms with Crippen molar-refractivity contribution in [3.63, 3.8) is 0 Å². The van der Waals surface area contributed by atoms with Gasteiger partial charge in [0.15, 0.2) is 5.13 Å². The molecule has 0 aromatic carbocycles. The average Bonchev–Trinajstić information content (AvgIpc) is 2.62. The highest BCUT2D eigenvalue weighted by Gasteiger charge is 2.32. The van der Waals surface area contributed by atoms with Crippen LogP contribution in [0.3, 0.4) is 0 Å². The van der Waals surface area contributed by atoms with Crippen LogP contribution >= 0.6 is 11.3 Å². The Labute approximate surface area is 115 Å². The van der Waals surface area contributed by atoms with E-state index in [9.17, 15) is 9.59 Å². The molecule has 0 aliphatic heterocycles. The van der Waals surface area contributed by atoms with Gasteiger partial charge in [-0.3, -0.25) is 10.1 Å². The van der Waals surface area contributed by atoms with Gasteiger partial charge in [0.2, 0.25) is 0 Å². The minimum Gasteiger partial charge on any atom is -0.481 e. The summed E-state index contributed by atoms with van der Waals surface area (Å²) in [7, 11) is 0. The zero-order valence-electron chi connectivity index (χ0n) is 11.6. The first-order chi connectivity index (χ1) is 8.52. The van der Waals surface area contributed by atoms with Crippen molar-refractivity contribution in [1.29, 1.82) is 0 Å². The molecule has 6 nitrogen and oxygen atoms in total. The van der Waals surface area contributed by atoms with E-state index in [1.165, 1.54) is 0 Å². The minimum absolute atomic E-state index is 0.318. The fourth-order valence-electron chi connectivity index (χ4n) is 1.12. The summed E-state index contributed by atoms with van der Waals surface area (Å²) in [6.45, 7) is 8.39. The van der Waals surface area contributed by atoms with Gasteiger partial charge in [-0.05, 0) is 34.6 Å². The van der Waals surface area contributed by atoms with Gasteiger partial charge in [0.25, 0.3) is 0 Å². The third-order valence-corrected chi connectivity index (χ3v) is 3.04. The van der Waals surface area contributed by atoms with Gasteiger partial charge in [-0.2, -0.15) is 0 Å². The number of amides is 1. The van der Waals surface area contributed by atoms with E-state index in [2.05, 4.69) is 10.3 Å². The average molecular weight is 286 g/mol. The Balaban J connectivity index is 2.76. The third kappa shape index (κ3) is 4.20. The van der Waals surface area contributed by atoms with Crippen LogP contribution in [0.2, 0.25) is 0 Å². The van der Waals surface area contributed by atoms with Gasteiger partial charge in [-0.25, -0.2) is 9.78 Å². The highest BCUT2D eigenvalue weighted by Crippen LogP contribution is 2.27. The second kappa shape index (κ2) is 5.16. The molecule has 19 heavy (non-hydrogen) atoms. The third-order valence-electron chi connectivity index (χ3n) is 2.29. The van der Waals surface area contributed by atoms with Crippen LogP contribution in [0.1, 0.15) is 40.3 Å². The number of ether oxygens (including phenoxy) is 1. The fourth-order valence-corrected chi connectivity index (χ4v) is 1.98. The summed E-state index contributed by atoms with van der Waals surface area (Å²) in [4.78, 5) is 26.7. The Hall–Kier alpha value is -1.63. The molecule has 0 aliphatic carbocycles. The molecule has 1 aromatic heterocycles. The van der Waals surface area contributed by atoms with E-state index < -0.39 is 23.1 Å². The number of carboxylic acid groups (broad SMARTS) is 1. The Morgan fingerprint density at radius 2 is 1.89 bits per heavy atom. The van der Waals surface area contributed by atoms with Crippen LogP contribution in [0.4, 0.5) is 9.93 Å². The fraction of sp³-hybridized carbons (Fsp3) is 0.583. The lowest BCUT2D eigenvalue weighted by Crippen LogP contribution is -2.29. The van der Waals surface area contributed by atoms with Crippen LogP contribution in [-0.4, -0.2) is 27.8 Å². The number of nitrogens with one attached hydrogen (secondary N) is 1. The van der Waals surface area contributed by atoms with Crippen molar-refractivity contribution in [2.45, 2.75) is 45.6 Å². The van der Waals surface area contributed by atoms with Gasteiger partial charge in [-0.15, -0.1) is 11.3 Å². The van der Waals surface area contributed by atoms with Gasteiger partial charge >= 0.3 is 12.1 Å². The number of carboxylic acids is 1. The van der Waals surface area contributed by atoms with E-state index in [1.54, 1.807) is 40.0 Å². The second-order valence-corrected chi connectivity index (χ2v) is 6.45. The minimum atomic E-state index is -1.09. The molecule has 0 aliphatic rings. The molecule has 0 atom stereocenters. The Kier molecular flexibility index (Phi) is 4.19. The van der Waals surface area contributed by atoms with E-state index >= 15 is 0 Å². The Morgan fingerprint density at radius 1 is 1.32 bits per heavy atom. The SMILES string of the molecule is CC(C)(C)OC(=O)Nc1nc(C(C)(C)C(=O)O)cs1. The molecule has 106 valence electrons. The van der Waals surface area contributed by atoms with Gasteiger partial charge in [-0.1, -0.05) is 0 Å². The van der Waals surface area contributed by atoms with Gasteiger partial charge < -0.3 is 9.84 Å². The quantitative estimate of drug-likeness (QED) is 0.892. The van der Waals surface area contributed by atoms with Crippen LogP contribution < -0.4 is 5.32 Å². The maximum Gasteiger partial charge on any atom is 0.413 e. The second-order valence-electron chi connectivity index (χ2n) is 5.59. The van der Waals surface area contributed by atoms with E-state index in [0.717, 1.165) is 11.3 Å². The number of carbonyl (C=O) groups excluding carboxylic acids is 1. The molecule has 7 heteroatoms. The van der Waals surface area contributed by atoms with Crippen molar-refractivity contribution in [3.05, 3.63) is 11.1 Å². The summed E-state index contributed by atoms with van der Waals surface area (Å²) in [6, 6.07) is 0. The molecule has 1 heterocycles. The highest BCUT2D eigenvalue weighted by molar-refractivity contribution is 7.13. The topological polar surface area (TPSA) is 88.5 Å². The molecule has 0 radical (unpaired) electrons. The summed E-state index contributed by atoms with van der Waals surface area (Å²) in [5, 5.41) is 13.5. The van der Waals surface area contributed by atoms with Gasteiger partial charge in [0, 0.05) is 5.38 Å². The summed E-state index contributed by atoms with van der Waals surface area (Å²) in [5.41, 5.74) is -1.29.